The van der Waals surface area contributed by atoms with E-state index in [1.54, 1.807) is 6.92 Å². The molecule has 0 heterocycles. The van der Waals surface area contributed by atoms with Gasteiger partial charge in [0.05, 0.1) is 6.10 Å². The molecule has 0 rings (SSSR count). The minimum Gasteiger partial charge on any atom is -0.396 e. The molecule has 0 saturated carbocycles. The van der Waals surface area contributed by atoms with Gasteiger partial charge in [-0.05, 0) is 39.3 Å². The van der Waals surface area contributed by atoms with Crippen LogP contribution in [-0.2, 0) is 0 Å². The first-order valence-corrected chi connectivity index (χ1v) is 4.27. The lowest BCUT2D eigenvalue weighted by Crippen LogP contribution is -2.18. The molecule has 0 amide bonds. The summed E-state index contributed by atoms with van der Waals surface area (Å²) in [7, 11) is 0. The molecule has 3 nitrogen and oxygen atoms in total. The average Bonchev–Trinajstić information content (AvgIpc) is 1.96. The predicted octanol–water partition coefficient (Wildman–Crippen LogP) is 0.119. The van der Waals surface area contributed by atoms with Gasteiger partial charge in [0.15, 0.2) is 0 Å². The normalized spacial score (nSPS) is 13.4. The van der Waals surface area contributed by atoms with E-state index in [0.29, 0.717) is 0 Å². The summed E-state index contributed by atoms with van der Waals surface area (Å²) < 4.78 is 0. The van der Waals surface area contributed by atoms with Crippen molar-refractivity contribution in [2.75, 3.05) is 19.7 Å². The van der Waals surface area contributed by atoms with Crippen LogP contribution in [0.4, 0.5) is 0 Å². The summed E-state index contributed by atoms with van der Waals surface area (Å²) in [6.07, 6.45) is 2.49. The maximum Gasteiger partial charge on any atom is 0.0512 e. The minimum absolute atomic E-state index is 0.186. The van der Waals surface area contributed by atoms with E-state index in [1.807, 2.05) is 0 Å². The Morgan fingerprint density at radius 1 is 1.27 bits per heavy atom. The third-order valence-electron chi connectivity index (χ3n) is 1.49. The molecule has 0 aromatic carbocycles. The van der Waals surface area contributed by atoms with Crippen molar-refractivity contribution in [1.29, 1.82) is 0 Å². The average molecular weight is 161 g/mol. The smallest absolute Gasteiger partial charge is 0.0512 e. The molecule has 68 valence electrons. The summed E-state index contributed by atoms with van der Waals surface area (Å²) in [5, 5.41) is 20.5. The lowest BCUT2D eigenvalue weighted by Gasteiger charge is -2.04. The van der Waals surface area contributed by atoms with Crippen molar-refractivity contribution < 1.29 is 10.2 Å². The Kier molecular flexibility index (Phi) is 7.89. The molecule has 0 aromatic heterocycles. The Balaban J connectivity index is 2.80. The number of aliphatic hydroxyl groups excluding tert-OH is 2. The summed E-state index contributed by atoms with van der Waals surface area (Å²) in [5.41, 5.74) is 0. The largest absolute Gasteiger partial charge is 0.396 e. The molecule has 0 aliphatic rings. The number of nitrogens with one attached hydrogen (secondary N) is 1. The summed E-state index contributed by atoms with van der Waals surface area (Å²) >= 11 is 0. The van der Waals surface area contributed by atoms with Crippen LogP contribution in [0.2, 0.25) is 0 Å². The SMILES string of the molecule is CC(O)CCCNCCCO. The van der Waals surface area contributed by atoms with Crippen molar-refractivity contribution >= 4 is 0 Å². The number of hydrogen-bond acceptors (Lipinski definition) is 3. The van der Waals surface area contributed by atoms with E-state index < -0.39 is 0 Å². The van der Waals surface area contributed by atoms with E-state index in [0.717, 1.165) is 32.4 Å². The van der Waals surface area contributed by atoms with Crippen molar-refractivity contribution in [2.45, 2.75) is 32.3 Å². The highest BCUT2D eigenvalue weighted by Crippen LogP contribution is 1.92. The second-order valence-electron chi connectivity index (χ2n) is 2.82. The number of rotatable bonds is 7. The van der Waals surface area contributed by atoms with Gasteiger partial charge >= 0.3 is 0 Å². The van der Waals surface area contributed by atoms with E-state index in [2.05, 4.69) is 5.32 Å². The monoisotopic (exact) mass is 161 g/mol. The molecule has 0 aromatic rings. The van der Waals surface area contributed by atoms with Crippen LogP contribution in [0.15, 0.2) is 0 Å². The van der Waals surface area contributed by atoms with Gasteiger partial charge < -0.3 is 15.5 Å². The fourth-order valence-electron chi connectivity index (χ4n) is 0.852. The number of hydrogen-bond donors (Lipinski definition) is 3. The maximum atomic E-state index is 8.89. The van der Waals surface area contributed by atoms with E-state index in [9.17, 15) is 0 Å². The first-order chi connectivity index (χ1) is 5.27. The first kappa shape index (κ1) is 10.9. The second-order valence-corrected chi connectivity index (χ2v) is 2.82. The van der Waals surface area contributed by atoms with Gasteiger partial charge in [-0.3, -0.25) is 0 Å². The van der Waals surface area contributed by atoms with Gasteiger partial charge in [0.1, 0.15) is 0 Å². The maximum absolute atomic E-state index is 8.89. The Bertz CT molecular complexity index is 76.5. The van der Waals surface area contributed by atoms with E-state index in [4.69, 9.17) is 10.2 Å². The van der Waals surface area contributed by atoms with E-state index in [-0.39, 0.29) is 12.7 Å². The lowest BCUT2D eigenvalue weighted by atomic mass is 10.2. The van der Waals surface area contributed by atoms with Gasteiger partial charge in [-0.15, -0.1) is 0 Å². The van der Waals surface area contributed by atoms with Gasteiger partial charge in [0.25, 0.3) is 0 Å². The Hall–Kier alpha value is -0.120. The van der Waals surface area contributed by atoms with Crippen molar-refractivity contribution in [2.24, 2.45) is 0 Å². The molecule has 3 heteroatoms. The van der Waals surface area contributed by atoms with Gasteiger partial charge in [-0.1, -0.05) is 0 Å². The van der Waals surface area contributed by atoms with Crippen molar-refractivity contribution in [3.05, 3.63) is 0 Å². The zero-order chi connectivity index (χ0) is 8.53. The second kappa shape index (κ2) is 7.98. The first-order valence-electron chi connectivity index (χ1n) is 4.27. The fraction of sp³-hybridized carbons (Fsp3) is 1.00. The quantitative estimate of drug-likeness (QED) is 0.465. The van der Waals surface area contributed by atoms with Crippen LogP contribution in [0.1, 0.15) is 26.2 Å². The Labute approximate surface area is 68.4 Å². The molecule has 1 unspecified atom stereocenters. The minimum atomic E-state index is -0.186. The zero-order valence-electron chi connectivity index (χ0n) is 7.21. The zero-order valence-corrected chi connectivity index (χ0v) is 7.21. The van der Waals surface area contributed by atoms with Crippen LogP contribution in [-0.4, -0.2) is 36.0 Å². The molecule has 0 bridgehead atoms. The van der Waals surface area contributed by atoms with E-state index >= 15 is 0 Å². The fourth-order valence-corrected chi connectivity index (χ4v) is 0.852. The highest BCUT2D eigenvalue weighted by molar-refractivity contribution is 4.51. The molecule has 0 aliphatic heterocycles. The molecule has 11 heavy (non-hydrogen) atoms. The summed E-state index contributed by atoms with van der Waals surface area (Å²) in [4.78, 5) is 0. The van der Waals surface area contributed by atoms with E-state index in [1.165, 1.54) is 0 Å². The van der Waals surface area contributed by atoms with Gasteiger partial charge in [-0.25, -0.2) is 0 Å². The lowest BCUT2D eigenvalue weighted by molar-refractivity contribution is 0.181. The van der Waals surface area contributed by atoms with Crippen molar-refractivity contribution in [3.63, 3.8) is 0 Å². The van der Waals surface area contributed by atoms with Crippen LogP contribution in [0.5, 0.6) is 0 Å². The highest BCUT2D eigenvalue weighted by Gasteiger charge is 1.93. The molecule has 0 fully saturated rings. The molecule has 0 aliphatic carbocycles. The standard InChI is InChI=1S/C8H19NO2/c1-8(11)4-2-5-9-6-3-7-10/h8-11H,2-7H2,1H3. The van der Waals surface area contributed by atoms with Crippen molar-refractivity contribution in [1.82, 2.24) is 5.32 Å². The highest BCUT2D eigenvalue weighted by atomic mass is 16.3. The van der Waals surface area contributed by atoms with Crippen LogP contribution >= 0.6 is 0 Å². The van der Waals surface area contributed by atoms with Crippen LogP contribution in [0.25, 0.3) is 0 Å². The molecular weight excluding hydrogens is 142 g/mol. The van der Waals surface area contributed by atoms with Gasteiger partial charge in [0.2, 0.25) is 0 Å². The summed E-state index contributed by atoms with van der Waals surface area (Å²) in [5.74, 6) is 0. The third kappa shape index (κ3) is 9.88. The van der Waals surface area contributed by atoms with Crippen LogP contribution in [0, 0.1) is 0 Å². The molecule has 0 saturated heterocycles. The summed E-state index contributed by atoms with van der Waals surface area (Å²) in [6.45, 7) is 3.86. The topological polar surface area (TPSA) is 52.5 Å². The van der Waals surface area contributed by atoms with Gasteiger partial charge in [-0.2, -0.15) is 0 Å². The third-order valence-corrected chi connectivity index (χ3v) is 1.49. The molecule has 0 radical (unpaired) electrons. The van der Waals surface area contributed by atoms with Crippen LogP contribution < -0.4 is 5.32 Å². The predicted molar refractivity (Wildman–Crippen MR) is 45.5 cm³/mol. The summed E-state index contributed by atoms with van der Waals surface area (Å²) in [6, 6.07) is 0. The molecule has 3 N–H and O–H groups in total. The molecule has 0 spiro atoms. The Morgan fingerprint density at radius 2 is 1.91 bits per heavy atom. The molecular formula is C8H19NO2. The van der Waals surface area contributed by atoms with Crippen molar-refractivity contribution in [3.8, 4) is 0 Å². The van der Waals surface area contributed by atoms with Gasteiger partial charge in [0, 0.05) is 6.61 Å². The Morgan fingerprint density at radius 3 is 2.45 bits per heavy atom. The number of aliphatic hydroxyl groups is 2. The molecule has 1 atom stereocenters. The van der Waals surface area contributed by atoms with Crippen LogP contribution in [0.3, 0.4) is 0 Å².